The van der Waals surface area contributed by atoms with Gasteiger partial charge in [-0.25, -0.2) is 0 Å². The topological polar surface area (TPSA) is 23.8 Å². The molecule has 0 amide bonds. The van der Waals surface area contributed by atoms with Crippen LogP contribution >= 0.6 is 11.8 Å². The molecule has 1 unspecified atom stereocenters. The molecule has 0 aliphatic heterocycles. The lowest BCUT2D eigenvalue weighted by Crippen LogP contribution is -2.15. The maximum Gasteiger partial charge on any atom is 0.416 e. The summed E-state index contributed by atoms with van der Waals surface area (Å²) in [6, 6.07) is 6.91. The summed E-state index contributed by atoms with van der Waals surface area (Å²) in [5, 5.41) is 8.98. The second-order valence-corrected chi connectivity index (χ2v) is 4.65. The minimum absolute atomic E-state index is 0.373. The number of thioether (sulfide) groups is 1. The molecule has 0 aliphatic carbocycles. The number of halogens is 3. The molecule has 0 heterocycles. The van der Waals surface area contributed by atoms with Crippen LogP contribution in [0.2, 0.25) is 0 Å². The lowest BCUT2D eigenvalue weighted by molar-refractivity contribution is -0.137. The number of rotatable bonds is 2. The van der Waals surface area contributed by atoms with Gasteiger partial charge in [-0.3, -0.25) is 0 Å². The van der Waals surface area contributed by atoms with Gasteiger partial charge in [0, 0.05) is 0 Å². The van der Waals surface area contributed by atoms with Crippen LogP contribution in [0.3, 0.4) is 0 Å². The molecular formula is C11H10F3NS. The Bertz CT molecular complexity index is 422. The molecule has 0 spiro atoms. The fourth-order valence-corrected chi connectivity index (χ4v) is 1.67. The largest absolute Gasteiger partial charge is 0.416 e. The fourth-order valence-electron chi connectivity index (χ4n) is 1.22. The lowest BCUT2D eigenvalue weighted by atomic mass is 9.99. The Morgan fingerprint density at radius 3 is 2.25 bits per heavy atom. The van der Waals surface area contributed by atoms with E-state index in [0.29, 0.717) is 5.56 Å². The van der Waals surface area contributed by atoms with Crippen molar-refractivity contribution < 1.29 is 13.2 Å². The minimum atomic E-state index is -4.37. The van der Waals surface area contributed by atoms with Crippen molar-refractivity contribution in [3.8, 4) is 6.07 Å². The molecule has 0 bridgehead atoms. The summed E-state index contributed by atoms with van der Waals surface area (Å²) in [5.41, 5.74) is -0.349. The Labute approximate surface area is 96.3 Å². The highest BCUT2D eigenvalue weighted by Gasteiger charge is 2.33. The predicted octanol–water partition coefficient (Wildman–Crippen LogP) is 3.81. The monoisotopic (exact) mass is 245 g/mol. The van der Waals surface area contributed by atoms with Crippen LogP contribution in [0.15, 0.2) is 24.3 Å². The molecule has 0 aliphatic rings. The SMILES string of the molecule is CSC(C)(C#N)c1cccc(C(F)(F)F)c1. The quantitative estimate of drug-likeness (QED) is 0.791. The number of alkyl halides is 3. The third-order valence-electron chi connectivity index (χ3n) is 2.36. The van der Waals surface area contributed by atoms with Gasteiger partial charge in [-0.2, -0.15) is 18.4 Å². The van der Waals surface area contributed by atoms with Gasteiger partial charge < -0.3 is 0 Å². The standard InChI is InChI=1S/C11H10F3NS/c1-10(7-15,16-2)8-4-3-5-9(6-8)11(12,13)14/h3-6H,1-2H3. The number of benzene rings is 1. The van der Waals surface area contributed by atoms with E-state index in [0.717, 1.165) is 12.1 Å². The first-order valence-electron chi connectivity index (χ1n) is 4.47. The maximum absolute atomic E-state index is 12.5. The molecule has 1 aromatic rings. The molecule has 0 saturated heterocycles. The summed E-state index contributed by atoms with van der Waals surface area (Å²) >= 11 is 1.22. The van der Waals surface area contributed by atoms with Crippen molar-refractivity contribution in [3.05, 3.63) is 35.4 Å². The van der Waals surface area contributed by atoms with Gasteiger partial charge in [0.2, 0.25) is 0 Å². The molecule has 0 aromatic heterocycles. The minimum Gasteiger partial charge on any atom is -0.196 e. The number of nitrogens with zero attached hydrogens (tertiary/aromatic N) is 1. The summed E-state index contributed by atoms with van der Waals surface area (Å²) in [7, 11) is 0. The molecule has 0 N–H and O–H groups in total. The van der Waals surface area contributed by atoms with Crippen molar-refractivity contribution in [1.29, 1.82) is 5.26 Å². The summed E-state index contributed by atoms with van der Waals surface area (Å²) < 4.78 is 36.5. The highest BCUT2D eigenvalue weighted by Crippen LogP contribution is 2.37. The van der Waals surface area contributed by atoms with E-state index in [-0.39, 0.29) is 0 Å². The van der Waals surface area contributed by atoms with Crippen LogP contribution in [0.5, 0.6) is 0 Å². The van der Waals surface area contributed by atoms with Gasteiger partial charge in [0.1, 0.15) is 4.75 Å². The first-order chi connectivity index (χ1) is 7.33. The normalized spacial score (nSPS) is 15.2. The van der Waals surface area contributed by atoms with Crippen molar-refractivity contribution >= 4 is 11.8 Å². The number of hydrogen-bond donors (Lipinski definition) is 0. The molecule has 0 saturated carbocycles. The Morgan fingerprint density at radius 1 is 1.25 bits per heavy atom. The molecule has 16 heavy (non-hydrogen) atoms. The van der Waals surface area contributed by atoms with Crippen LogP contribution in [-0.2, 0) is 10.9 Å². The van der Waals surface area contributed by atoms with Gasteiger partial charge in [0.25, 0.3) is 0 Å². The zero-order chi connectivity index (χ0) is 12.4. The van der Waals surface area contributed by atoms with Crippen molar-refractivity contribution in [1.82, 2.24) is 0 Å². The third-order valence-corrected chi connectivity index (χ3v) is 3.51. The van der Waals surface area contributed by atoms with E-state index in [2.05, 4.69) is 0 Å². The second kappa shape index (κ2) is 4.38. The van der Waals surface area contributed by atoms with Crippen LogP contribution in [0.4, 0.5) is 13.2 Å². The zero-order valence-corrected chi connectivity index (χ0v) is 9.62. The van der Waals surface area contributed by atoms with Gasteiger partial charge in [-0.15, -0.1) is 11.8 Å². The molecule has 5 heteroatoms. The first kappa shape index (κ1) is 12.9. The highest BCUT2D eigenvalue weighted by molar-refractivity contribution is 7.99. The van der Waals surface area contributed by atoms with E-state index in [1.54, 1.807) is 13.2 Å². The Balaban J connectivity index is 3.24. The van der Waals surface area contributed by atoms with Gasteiger partial charge in [0.15, 0.2) is 0 Å². The first-order valence-corrected chi connectivity index (χ1v) is 5.70. The average molecular weight is 245 g/mol. The smallest absolute Gasteiger partial charge is 0.196 e. The number of nitriles is 1. The van der Waals surface area contributed by atoms with Gasteiger partial charge in [-0.1, -0.05) is 12.1 Å². The predicted molar refractivity (Wildman–Crippen MR) is 57.9 cm³/mol. The van der Waals surface area contributed by atoms with Crippen molar-refractivity contribution in [2.45, 2.75) is 17.8 Å². The van der Waals surface area contributed by atoms with Crippen LogP contribution in [0.25, 0.3) is 0 Å². The molecular weight excluding hydrogens is 235 g/mol. The van der Waals surface area contributed by atoms with E-state index in [1.165, 1.54) is 23.9 Å². The summed E-state index contributed by atoms with van der Waals surface area (Å²) in [4.78, 5) is 0. The Kier molecular flexibility index (Phi) is 3.54. The molecule has 1 nitrogen and oxygen atoms in total. The average Bonchev–Trinajstić information content (AvgIpc) is 2.27. The second-order valence-electron chi connectivity index (χ2n) is 3.43. The van der Waals surface area contributed by atoms with E-state index < -0.39 is 16.5 Å². The van der Waals surface area contributed by atoms with Crippen LogP contribution in [0, 0.1) is 11.3 Å². The number of hydrogen-bond acceptors (Lipinski definition) is 2. The fraction of sp³-hybridized carbons (Fsp3) is 0.364. The van der Waals surface area contributed by atoms with Crippen LogP contribution in [-0.4, -0.2) is 6.26 Å². The van der Waals surface area contributed by atoms with Crippen LogP contribution < -0.4 is 0 Å². The highest BCUT2D eigenvalue weighted by atomic mass is 32.2. The zero-order valence-electron chi connectivity index (χ0n) is 8.80. The van der Waals surface area contributed by atoms with Crippen molar-refractivity contribution in [2.75, 3.05) is 6.26 Å². The molecule has 0 radical (unpaired) electrons. The Hall–Kier alpha value is -1.15. The summed E-state index contributed by atoms with van der Waals surface area (Å²) in [6.45, 7) is 1.60. The van der Waals surface area contributed by atoms with E-state index in [9.17, 15) is 13.2 Å². The van der Waals surface area contributed by atoms with Crippen LogP contribution in [0.1, 0.15) is 18.1 Å². The molecule has 1 atom stereocenters. The summed E-state index contributed by atoms with van der Waals surface area (Å²) in [5.74, 6) is 0. The third kappa shape index (κ3) is 2.50. The van der Waals surface area contributed by atoms with E-state index in [1.807, 2.05) is 6.07 Å². The van der Waals surface area contributed by atoms with Gasteiger partial charge >= 0.3 is 6.18 Å². The van der Waals surface area contributed by atoms with E-state index >= 15 is 0 Å². The van der Waals surface area contributed by atoms with Gasteiger partial charge in [-0.05, 0) is 30.9 Å². The van der Waals surface area contributed by atoms with Crippen molar-refractivity contribution in [2.24, 2.45) is 0 Å². The molecule has 1 aromatic carbocycles. The van der Waals surface area contributed by atoms with E-state index in [4.69, 9.17) is 5.26 Å². The molecule has 0 fully saturated rings. The van der Waals surface area contributed by atoms with Gasteiger partial charge in [0.05, 0.1) is 11.6 Å². The molecule has 86 valence electrons. The molecule has 1 rings (SSSR count). The van der Waals surface area contributed by atoms with Crippen molar-refractivity contribution in [3.63, 3.8) is 0 Å². The maximum atomic E-state index is 12.5. The summed E-state index contributed by atoms with van der Waals surface area (Å²) in [6.07, 6.45) is -2.67. The lowest BCUT2D eigenvalue weighted by Gasteiger charge is -2.20. The Morgan fingerprint density at radius 2 is 1.81 bits per heavy atom.